The second-order valence-electron chi connectivity index (χ2n) is 3.71. The van der Waals surface area contributed by atoms with Crippen LogP contribution in [0.2, 0.25) is 0 Å². The highest BCUT2D eigenvalue weighted by Crippen LogP contribution is 2.16. The number of thioether (sulfide) groups is 1. The number of hydrogen-bond acceptors (Lipinski definition) is 4. The Labute approximate surface area is 114 Å². The number of halogens is 1. The fourth-order valence-electron chi connectivity index (χ4n) is 1.24. The fraction of sp³-hybridized carbons (Fsp3) is 0.455. The van der Waals surface area contributed by atoms with E-state index in [2.05, 4.69) is 26.2 Å². The first kappa shape index (κ1) is 14.5. The molecule has 0 unspecified atom stereocenters. The lowest BCUT2D eigenvalue weighted by molar-refractivity contribution is -0.117. The van der Waals surface area contributed by atoms with Gasteiger partial charge in [-0.1, -0.05) is 0 Å². The molecule has 1 aromatic rings. The van der Waals surface area contributed by atoms with E-state index in [9.17, 15) is 4.79 Å². The van der Waals surface area contributed by atoms with Gasteiger partial charge in [-0.15, -0.1) is 0 Å². The van der Waals surface area contributed by atoms with Crippen LogP contribution in [0, 0.1) is 6.92 Å². The third-order valence-corrected chi connectivity index (χ3v) is 3.73. The van der Waals surface area contributed by atoms with Crippen molar-refractivity contribution in [2.75, 3.05) is 17.3 Å². The van der Waals surface area contributed by atoms with E-state index in [1.54, 1.807) is 18.0 Å². The number of aromatic nitrogens is 1. The molecule has 3 N–H and O–H groups in total. The SMILES string of the molecule is CSCC[C@@H](N)C(=O)Nc1cnc(Br)c(C)c1. The van der Waals surface area contributed by atoms with Gasteiger partial charge >= 0.3 is 0 Å². The van der Waals surface area contributed by atoms with Crippen LogP contribution in [0.25, 0.3) is 0 Å². The lowest BCUT2D eigenvalue weighted by Crippen LogP contribution is -2.36. The van der Waals surface area contributed by atoms with Gasteiger partial charge in [0.15, 0.2) is 0 Å². The third kappa shape index (κ3) is 4.65. The largest absolute Gasteiger partial charge is 0.323 e. The first-order valence-corrected chi connectivity index (χ1v) is 7.40. The smallest absolute Gasteiger partial charge is 0.241 e. The second-order valence-corrected chi connectivity index (χ2v) is 5.45. The van der Waals surface area contributed by atoms with Crippen molar-refractivity contribution >= 4 is 39.3 Å². The number of rotatable bonds is 5. The van der Waals surface area contributed by atoms with Crippen LogP contribution in [0.4, 0.5) is 5.69 Å². The molecule has 0 spiro atoms. The normalized spacial score (nSPS) is 12.2. The number of nitrogens with one attached hydrogen (secondary N) is 1. The zero-order valence-electron chi connectivity index (χ0n) is 9.87. The van der Waals surface area contributed by atoms with Crippen LogP contribution in [0.15, 0.2) is 16.9 Å². The summed E-state index contributed by atoms with van der Waals surface area (Å²) in [5, 5.41) is 2.76. The highest BCUT2D eigenvalue weighted by atomic mass is 79.9. The number of aryl methyl sites for hydroxylation is 1. The summed E-state index contributed by atoms with van der Waals surface area (Å²) >= 11 is 4.99. The quantitative estimate of drug-likeness (QED) is 0.817. The highest BCUT2D eigenvalue weighted by molar-refractivity contribution is 9.10. The van der Waals surface area contributed by atoms with Crippen LogP contribution in [0.1, 0.15) is 12.0 Å². The Morgan fingerprint density at radius 3 is 3.00 bits per heavy atom. The molecule has 0 radical (unpaired) electrons. The summed E-state index contributed by atoms with van der Waals surface area (Å²) in [5.41, 5.74) is 7.41. The molecule has 1 aromatic heterocycles. The van der Waals surface area contributed by atoms with Crippen LogP contribution in [0.3, 0.4) is 0 Å². The molecule has 1 amide bonds. The molecular weight excluding hydrogens is 302 g/mol. The van der Waals surface area contributed by atoms with Gasteiger partial charge in [0.1, 0.15) is 4.60 Å². The molecule has 0 aromatic carbocycles. The number of carbonyl (C=O) groups is 1. The molecule has 4 nitrogen and oxygen atoms in total. The Balaban J connectivity index is 2.58. The van der Waals surface area contributed by atoms with Crippen LogP contribution in [-0.4, -0.2) is 28.9 Å². The summed E-state index contributed by atoms with van der Waals surface area (Å²) in [7, 11) is 0. The number of nitrogens with zero attached hydrogens (tertiary/aromatic N) is 1. The maximum atomic E-state index is 11.7. The number of carbonyl (C=O) groups excluding carboxylic acids is 1. The lowest BCUT2D eigenvalue weighted by atomic mass is 10.2. The Morgan fingerprint density at radius 1 is 1.71 bits per heavy atom. The van der Waals surface area contributed by atoms with Crippen molar-refractivity contribution in [1.29, 1.82) is 0 Å². The molecule has 0 bridgehead atoms. The molecule has 1 heterocycles. The minimum Gasteiger partial charge on any atom is -0.323 e. The van der Waals surface area contributed by atoms with Crippen LogP contribution >= 0.6 is 27.7 Å². The van der Waals surface area contributed by atoms with Crippen molar-refractivity contribution in [3.8, 4) is 0 Å². The van der Waals surface area contributed by atoms with E-state index in [1.807, 2.05) is 19.2 Å². The lowest BCUT2D eigenvalue weighted by Gasteiger charge is -2.11. The molecule has 94 valence electrons. The molecule has 1 atom stereocenters. The van der Waals surface area contributed by atoms with E-state index in [0.717, 1.165) is 15.9 Å². The number of anilines is 1. The minimum atomic E-state index is -0.466. The molecular formula is C11H16BrN3OS. The number of hydrogen-bond donors (Lipinski definition) is 2. The molecule has 6 heteroatoms. The van der Waals surface area contributed by atoms with Gasteiger partial charge in [-0.25, -0.2) is 4.98 Å². The number of nitrogens with two attached hydrogens (primary N) is 1. The first-order chi connectivity index (χ1) is 8.04. The van der Waals surface area contributed by atoms with Gasteiger partial charge in [-0.2, -0.15) is 11.8 Å². The average molecular weight is 318 g/mol. The molecule has 0 aliphatic rings. The van der Waals surface area contributed by atoms with E-state index >= 15 is 0 Å². The van der Waals surface area contributed by atoms with Gasteiger partial charge in [0, 0.05) is 0 Å². The fourth-order valence-corrected chi connectivity index (χ4v) is 1.94. The van der Waals surface area contributed by atoms with Crippen molar-refractivity contribution in [1.82, 2.24) is 4.98 Å². The van der Waals surface area contributed by atoms with E-state index in [4.69, 9.17) is 5.73 Å². The van der Waals surface area contributed by atoms with Crippen molar-refractivity contribution in [3.63, 3.8) is 0 Å². The maximum Gasteiger partial charge on any atom is 0.241 e. The molecule has 17 heavy (non-hydrogen) atoms. The predicted molar refractivity (Wildman–Crippen MR) is 76.3 cm³/mol. The Hall–Kier alpha value is -0.590. The average Bonchev–Trinajstić information content (AvgIpc) is 2.30. The van der Waals surface area contributed by atoms with E-state index in [-0.39, 0.29) is 5.91 Å². The standard InChI is InChI=1S/C11H16BrN3OS/c1-7-5-8(6-14-10(7)12)15-11(16)9(13)3-4-17-2/h5-6,9H,3-4,13H2,1-2H3,(H,15,16)/t9-/m1/s1. The summed E-state index contributed by atoms with van der Waals surface area (Å²) < 4.78 is 0.780. The number of amides is 1. The zero-order chi connectivity index (χ0) is 12.8. The zero-order valence-corrected chi connectivity index (χ0v) is 12.3. The molecule has 0 aliphatic heterocycles. The minimum absolute atomic E-state index is 0.164. The van der Waals surface area contributed by atoms with E-state index in [1.165, 1.54) is 0 Å². The summed E-state index contributed by atoms with van der Waals surface area (Å²) in [5.74, 6) is 0.717. The van der Waals surface area contributed by atoms with Crippen LogP contribution in [0.5, 0.6) is 0 Å². The predicted octanol–water partition coefficient (Wildman–Crippen LogP) is 2.17. The van der Waals surface area contributed by atoms with Gasteiger partial charge in [-0.3, -0.25) is 4.79 Å². The highest BCUT2D eigenvalue weighted by Gasteiger charge is 2.13. The summed E-state index contributed by atoms with van der Waals surface area (Å²) in [6.45, 7) is 1.92. The van der Waals surface area contributed by atoms with Gasteiger partial charge in [0.25, 0.3) is 0 Å². The Kier molecular flexibility index (Phi) is 5.94. The Bertz CT molecular complexity index is 400. The third-order valence-electron chi connectivity index (χ3n) is 2.25. The second kappa shape index (κ2) is 6.98. The van der Waals surface area contributed by atoms with Gasteiger partial charge in [-0.05, 0) is 52.9 Å². The first-order valence-electron chi connectivity index (χ1n) is 5.22. The summed E-state index contributed by atoms with van der Waals surface area (Å²) in [6, 6.07) is 1.39. The topological polar surface area (TPSA) is 68.0 Å². The molecule has 0 saturated heterocycles. The molecule has 1 rings (SSSR count). The molecule has 0 fully saturated rings. The molecule has 0 aliphatic carbocycles. The van der Waals surface area contributed by atoms with E-state index < -0.39 is 6.04 Å². The summed E-state index contributed by atoms with van der Waals surface area (Å²) in [4.78, 5) is 15.8. The van der Waals surface area contributed by atoms with Crippen LogP contribution < -0.4 is 11.1 Å². The van der Waals surface area contributed by atoms with Crippen molar-refractivity contribution in [2.24, 2.45) is 5.73 Å². The van der Waals surface area contributed by atoms with Crippen LogP contribution in [-0.2, 0) is 4.79 Å². The van der Waals surface area contributed by atoms with Gasteiger partial charge in [0.2, 0.25) is 5.91 Å². The Morgan fingerprint density at radius 2 is 2.41 bits per heavy atom. The number of pyridine rings is 1. The van der Waals surface area contributed by atoms with E-state index in [0.29, 0.717) is 12.1 Å². The van der Waals surface area contributed by atoms with Crippen molar-refractivity contribution < 1.29 is 4.79 Å². The van der Waals surface area contributed by atoms with Gasteiger partial charge in [0.05, 0.1) is 17.9 Å². The van der Waals surface area contributed by atoms with Crippen molar-refractivity contribution in [2.45, 2.75) is 19.4 Å². The summed E-state index contributed by atoms with van der Waals surface area (Å²) in [6.07, 6.45) is 4.28. The maximum absolute atomic E-state index is 11.7. The monoisotopic (exact) mass is 317 g/mol. The van der Waals surface area contributed by atoms with Crippen molar-refractivity contribution in [3.05, 3.63) is 22.4 Å². The molecule has 0 saturated carbocycles. The van der Waals surface area contributed by atoms with Gasteiger partial charge < -0.3 is 11.1 Å².